The number of hydrogen-bond acceptors (Lipinski definition) is 6. The number of piperidine rings is 1. The first kappa shape index (κ1) is 17.8. The molecule has 3 rings (SSSR count). The molecule has 0 aliphatic carbocycles. The van der Waals surface area contributed by atoms with Crippen molar-refractivity contribution < 1.29 is 14.3 Å². The summed E-state index contributed by atoms with van der Waals surface area (Å²) in [7, 11) is 0. The second-order valence-electron chi connectivity index (χ2n) is 6.56. The first-order valence-electron chi connectivity index (χ1n) is 8.49. The van der Waals surface area contributed by atoms with Crippen LogP contribution in [-0.2, 0) is 4.79 Å². The van der Waals surface area contributed by atoms with Gasteiger partial charge in [-0.05, 0) is 50.6 Å². The van der Waals surface area contributed by atoms with Gasteiger partial charge in [0.2, 0.25) is 0 Å². The Labute approximate surface area is 151 Å². The van der Waals surface area contributed by atoms with Crippen molar-refractivity contribution in [2.45, 2.75) is 38.8 Å². The Kier molecular flexibility index (Phi) is 5.34. The first-order chi connectivity index (χ1) is 11.9. The molecule has 25 heavy (non-hydrogen) atoms. The smallest absolute Gasteiger partial charge is 0.290 e. The Bertz CT molecular complexity index is 718. The van der Waals surface area contributed by atoms with Gasteiger partial charge in [0.25, 0.3) is 11.1 Å². The first-order valence-corrected chi connectivity index (χ1v) is 9.30. The van der Waals surface area contributed by atoms with Gasteiger partial charge in [0.15, 0.2) is 0 Å². The van der Waals surface area contributed by atoms with Gasteiger partial charge in [-0.25, -0.2) is 0 Å². The molecule has 0 saturated carbocycles. The van der Waals surface area contributed by atoms with Crippen LogP contribution in [0.3, 0.4) is 0 Å². The number of nitrogens with one attached hydrogen (secondary N) is 1. The van der Waals surface area contributed by atoms with E-state index in [2.05, 4.69) is 10.2 Å². The number of ether oxygens (including phenoxy) is 1. The number of benzene rings is 1. The number of anilines is 1. The standard InChI is InChI=1S/C18H23N3O3S/c1-11(2)24-14-7-3-5-12(9-15-17(22)20-18(23)25-15)16(14)21-8-4-6-13(19)10-21/h3,5,7,9,11,13H,4,6,8,10,19H2,1-2H3,(H,20,22,23)/t13-/m1/s1. The van der Waals surface area contributed by atoms with Gasteiger partial charge in [0, 0.05) is 24.7 Å². The molecule has 2 heterocycles. The number of amides is 2. The summed E-state index contributed by atoms with van der Waals surface area (Å²) in [5, 5.41) is 1.95. The average Bonchev–Trinajstić information content (AvgIpc) is 2.84. The molecule has 0 bridgehead atoms. The topological polar surface area (TPSA) is 84.7 Å². The fourth-order valence-corrected chi connectivity index (χ4v) is 3.79. The minimum atomic E-state index is -0.355. The van der Waals surface area contributed by atoms with E-state index in [1.54, 1.807) is 6.08 Å². The molecule has 6 nitrogen and oxygen atoms in total. The Morgan fingerprint density at radius 1 is 1.40 bits per heavy atom. The quantitative estimate of drug-likeness (QED) is 0.802. The van der Waals surface area contributed by atoms with Gasteiger partial charge in [-0.2, -0.15) is 0 Å². The second-order valence-corrected chi connectivity index (χ2v) is 7.58. The summed E-state index contributed by atoms with van der Waals surface area (Å²) in [5.41, 5.74) is 7.95. The van der Waals surface area contributed by atoms with E-state index in [4.69, 9.17) is 10.5 Å². The maximum Gasteiger partial charge on any atom is 0.290 e. The molecule has 1 aromatic rings. The van der Waals surface area contributed by atoms with Crippen LogP contribution in [0, 0.1) is 0 Å². The lowest BCUT2D eigenvalue weighted by Crippen LogP contribution is -2.43. The molecule has 2 saturated heterocycles. The van der Waals surface area contributed by atoms with Crippen LogP contribution < -0.4 is 20.7 Å². The van der Waals surface area contributed by atoms with Gasteiger partial charge in [0.1, 0.15) is 5.75 Å². The minimum Gasteiger partial charge on any atom is -0.489 e. The summed E-state index contributed by atoms with van der Waals surface area (Å²) in [6, 6.07) is 5.89. The molecule has 2 aliphatic heterocycles. The number of para-hydroxylation sites is 1. The molecule has 0 spiro atoms. The van der Waals surface area contributed by atoms with Gasteiger partial charge >= 0.3 is 0 Å². The maximum absolute atomic E-state index is 11.9. The van der Waals surface area contributed by atoms with E-state index in [0.717, 1.165) is 54.7 Å². The summed E-state index contributed by atoms with van der Waals surface area (Å²) in [4.78, 5) is 26.0. The van der Waals surface area contributed by atoms with E-state index in [-0.39, 0.29) is 23.3 Å². The molecule has 2 fully saturated rings. The van der Waals surface area contributed by atoms with Crippen molar-refractivity contribution in [3.63, 3.8) is 0 Å². The maximum atomic E-state index is 11.9. The SMILES string of the molecule is CC(C)Oc1cccc(C=C2SC(=O)NC2=O)c1N1CCC[C@@H](N)C1. The summed E-state index contributed by atoms with van der Waals surface area (Å²) in [6.07, 6.45) is 3.81. The predicted molar refractivity (Wildman–Crippen MR) is 101 cm³/mol. The summed E-state index contributed by atoms with van der Waals surface area (Å²) in [5.74, 6) is 0.416. The number of carbonyl (C=O) groups is 2. The number of imide groups is 1. The van der Waals surface area contributed by atoms with Crippen molar-refractivity contribution in [2.24, 2.45) is 5.73 Å². The van der Waals surface area contributed by atoms with Gasteiger partial charge in [0.05, 0.1) is 16.7 Å². The highest BCUT2D eigenvalue weighted by Gasteiger charge is 2.27. The van der Waals surface area contributed by atoms with Gasteiger partial charge in [-0.1, -0.05) is 12.1 Å². The molecule has 1 atom stereocenters. The van der Waals surface area contributed by atoms with Crippen molar-refractivity contribution in [1.29, 1.82) is 0 Å². The minimum absolute atomic E-state index is 0.0332. The van der Waals surface area contributed by atoms with E-state index >= 15 is 0 Å². The number of nitrogens with two attached hydrogens (primary N) is 1. The third-order valence-electron chi connectivity index (χ3n) is 4.10. The number of hydrogen-bond donors (Lipinski definition) is 2. The van der Waals surface area contributed by atoms with Crippen LogP contribution in [0.5, 0.6) is 5.75 Å². The molecule has 0 aromatic heterocycles. The highest BCUT2D eigenvalue weighted by molar-refractivity contribution is 8.18. The van der Waals surface area contributed by atoms with Crippen molar-refractivity contribution >= 4 is 34.7 Å². The Balaban J connectivity index is 2.03. The van der Waals surface area contributed by atoms with E-state index in [9.17, 15) is 9.59 Å². The molecule has 134 valence electrons. The zero-order valence-corrected chi connectivity index (χ0v) is 15.3. The Hall–Kier alpha value is -1.99. The Morgan fingerprint density at radius 3 is 2.84 bits per heavy atom. The number of nitrogens with zero attached hydrogens (tertiary/aromatic N) is 1. The largest absolute Gasteiger partial charge is 0.489 e. The van der Waals surface area contributed by atoms with Crippen LogP contribution in [0.1, 0.15) is 32.3 Å². The zero-order chi connectivity index (χ0) is 18.0. The number of carbonyl (C=O) groups excluding carboxylic acids is 2. The van der Waals surface area contributed by atoms with Gasteiger partial charge < -0.3 is 15.4 Å². The Morgan fingerprint density at radius 2 is 2.20 bits per heavy atom. The fraction of sp³-hybridized carbons (Fsp3) is 0.444. The molecule has 1 aromatic carbocycles. The average molecular weight is 361 g/mol. The number of thioether (sulfide) groups is 1. The monoisotopic (exact) mass is 361 g/mol. The van der Waals surface area contributed by atoms with E-state index < -0.39 is 0 Å². The van der Waals surface area contributed by atoms with E-state index in [0.29, 0.717) is 4.91 Å². The molecule has 7 heteroatoms. The lowest BCUT2D eigenvalue weighted by atomic mass is 10.0. The van der Waals surface area contributed by atoms with Crippen molar-refractivity contribution in [2.75, 3.05) is 18.0 Å². The van der Waals surface area contributed by atoms with Crippen LogP contribution in [0.25, 0.3) is 6.08 Å². The number of rotatable bonds is 4. The summed E-state index contributed by atoms with van der Waals surface area (Å²) < 4.78 is 6.00. The molecule has 2 amide bonds. The van der Waals surface area contributed by atoms with Crippen LogP contribution in [0.4, 0.5) is 10.5 Å². The lowest BCUT2D eigenvalue weighted by Gasteiger charge is -2.35. The van der Waals surface area contributed by atoms with Crippen LogP contribution in [0.15, 0.2) is 23.1 Å². The van der Waals surface area contributed by atoms with Crippen LogP contribution in [0.2, 0.25) is 0 Å². The van der Waals surface area contributed by atoms with Gasteiger partial charge in [-0.15, -0.1) is 0 Å². The zero-order valence-electron chi connectivity index (χ0n) is 14.5. The normalized spacial score (nSPS) is 22.6. The molecular weight excluding hydrogens is 338 g/mol. The van der Waals surface area contributed by atoms with Crippen LogP contribution in [-0.4, -0.2) is 36.4 Å². The molecule has 0 unspecified atom stereocenters. The van der Waals surface area contributed by atoms with E-state index in [1.807, 2.05) is 32.0 Å². The van der Waals surface area contributed by atoms with Crippen molar-refractivity contribution in [3.05, 3.63) is 28.7 Å². The lowest BCUT2D eigenvalue weighted by molar-refractivity contribution is -0.115. The molecule has 3 N–H and O–H groups in total. The highest BCUT2D eigenvalue weighted by Crippen LogP contribution is 2.37. The second kappa shape index (κ2) is 7.49. The van der Waals surface area contributed by atoms with Crippen LogP contribution >= 0.6 is 11.8 Å². The van der Waals surface area contributed by atoms with Crippen molar-refractivity contribution in [3.8, 4) is 5.75 Å². The third kappa shape index (κ3) is 4.16. The van der Waals surface area contributed by atoms with Crippen molar-refractivity contribution in [1.82, 2.24) is 5.32 Å². The molecule has 0 radical (unpaired) electrons. The van der Waals surface area contributed by atoms with Gasteiger partial charge in [-0.3, -0.25) is 14.9 Å². The van der Waals surface area contributed by atoms with E-state index in [1.165, 1.54) is 0 Å². The predicted octanol–water partition coefficient (Wildman–Crippen LogP) is 2.73. The summed E-state index contributed by atoms with van der Waals surface area (Å²) >= 11 is 0.922. The summed E-state index contributed by atoms with van der Waals surface area (Å²) in [6.45, 7) is 5.60. The third-order valence-corrected chi connectivity index (χ3v) is 4.91. The highest BCUT2D eigenvalue weighted by atomic mass is 32.2. The molecular formula is C18H23N3O3S. The molecule has 2 aliphatic rings. The fourth-order valence-electron chi connectivity index (χ4n) is 3.12.